The van der Waals surface area contributed by atoms with Crippen molar-refractivity contribution in [3.05, 3.63) is 65.7 Å². The average Bonchev–Trinajstić information content (AvgIpc) is 2.91. The maximum absolute atomic E-state index is 13.3. The molecular weight excluding hydrogens is 390 g/mol. The molecule has 0 bridgehead atoms. The fourth-order valence-electron chi connectivity index (χ4n) is 5.32. The van der Waals surface area contributed by atoms with Gasteiger partial charge in [-0.25, -0.2) is 4.79 Å². The summed E-state index contributed by atoms with van der Waals surface area (Å²) in [5.41, 5.74) is 1.26. The molecule has 2 atom stereocenters. The van der Waals surface area contributed by atoms with Crippen molar-refractivity contribution < 1.29 is 14.4 Å². The zero-order valence-corrected chi connectivity index (χ0v) is 18.3. The molecule has 2 aliphatic rings. The number of nitrogens with one attached hydrogen (secondary N) is 2. The summed E-state index contributed by atoms with van der Waals surface area (Å²) in [4.78, 5) is 39.7. The number of hydrogen-bond donors (Lipinski definition) is 2. The van der Waals surface area contributed by atoms with E-state index in [1.165, 1.54) is 4.90 Å². The van der Waals surface area contributed by atoms with E-state index in [2.05, 4.69) is 31.4 Å². The van der Waals surface area contributed by atoms with E-state index in [-0.39, 0.29) is 29.8 Å². The molecule has 4 rings (SSSR count). The van der Waals surface area contributed by atoms with Crippen molar-refractivity contribution in [2.75, 3.05) is 5.32 Å². The minimum absolute atomic E-state index is 0.00435. The van der Waals surface area contributed by atoms with Crippen LogP contribution < -0.4 is 10.6 Å². The smallest absolute Gasteiger partial charge is 0.323 e. The third-order valence-electron chi connectivity index (χ3n) is 6.21. The zero-order chi connectivity index (χ0) is 22.2. The third kappa shape index (κ3) is 4.33. The van der Waals surface area contributed by atoms with Crippen LogP contribution in [0.3, 0.4) is 0 Å². The Morgan fingerprint density at radius 2 is 1.74 bits per heavy atom. The van der Waals surface area contributed by atoms with Gasteiger partial charge >= 0.3 is 6.03 Å². The largest absolute Gasteiger partial charge is 0.325 e. The molecule has 0 radical (unpaired) electrons. The number of urea groups is 1. The highest BCUT2D eigenvalue weighted by Crippen LogP contribution is 2.46. The van der Waals surface area contributed by atoms with Gasteiger partial charge in [-0.1, -0.05) is 51.1 Å². The molecule has 1 saturated heterocycles. The number of anilines is 1. The van der Waals surface area contributed by atoms with E-state index in [4.69, 9.17) is 0 Å². The monoisotopic (exact) mass is 419 g/mol. The summed E-state index contributed by atoms with van der Waals surface area (Å²) in [5, 5.41) is 5.85. The van der Waals surface area contributed by atoms with Crippen LogP contribution in [0.4, 0.5) is 10.5 Å². The van der Waals surface area contributed by atoms with Crippen molar-refractivity contribution in [1.82, 2.24) is 10.2 Å². The van der Waals surface area contributed by atoms with Crippen LogP contribution in [0.25, 0.3) is 0 Å². The van der Waals surface area contributed by atoms with Crippen LogP contribution in [0.2, 0.25) is 0 Å². The molecule has 162 valence electrons. The normalized spacial score (nSPS) is 24.9. The molecular formula is C25H29N3O3. The van der Waals surface area contributed by atoms with E-state index in [1.807, 2.05) is 30.3 Å². The first-order valence-electron chi connectivity index (χ1n) is 10.8. The predicted molar refractivity (Wildman–Crippen MR) is 119 cm³/mol. The van der Waals surface area contributed by atoms with Gasteiger partial charge in [-0.15, -0.1) is 0 Å². The van der Waals surface area contributed by atoms with Gasteiger partial charge in [0.2, 0.25) is 0 Å². The first-order valence-corrected chi connectivity index (χ1v) is 10.8. The van der Waals surface area contributed by atoms with Crippen molar-refractivity contribution in [1.29, 1.82) is 0 Å². The van der Waals surface area contributed by atoms with E-state index in [0.29, 0.717) is 24.3 Å². The first-order chi connectivity index (χ1) is 14.7. The van der Waals surface area contributed by atoms with Crippen LogP contribution in [0.1, 0.15) is 56.0 Å². The van der Waals surface area contributed by atoms with Crippen LogP contribution in [-0.2, 0) is 11.3 Å². The fourth-order valence-corrected chi connectivity index (χ4v) is 5.32. The molecule has 2 aromatic rings. The fraction of sp³-hybridized carbons (Fsp3) is 0.400. The van der Waals surface area contributed by atoms with Crippen LogP contribution in [-0.4, -0.2) is 28.3 Å². The Hall–Kier alpha value is -3.15. The summed E-state index contributed by atoms with van der Waals surface area (Å²) >= 11 is 0. The standard InChI is InChI=1S/C25H29N3O3/c1-17-13-24(2,3)16-25(14-17)22(30)28(23(31)27-25)15-18-9-11-19(12-10-18)21(29)26-20-7-5-4-6-8-20/h4-12,17H,13-16H2,1-3H3,(H,26,29)(H,27,31)/t17-,25+/m0/s1. The maximum Gasteiger partial charge on any atom is 0.325 e. The van der Waals surface area contributed by atoms with Gasteiger partial charge < -0.3 is 10.6 Å². The summed E-state index contributed by atoms with van der Waals surface area (Å²) in [6.45, 7) is 6.66. The molecule has 31 heavy (non-hydrogen) atoms. The Morgan fingerprint density at radius 3 is 2.39 bits per heavy atom. The highest BCUT2D eigenvalue weighted by atomic mass is 16.2. The molecule has 0 aromatic heterocycles. The highest BCUT2D eigenvalue weighted by molar-refractivity contribution is 6.07. The summed E-state index contributed by atoms with van der Waals surface area (Å²) < 4.78 is 0. The molecule has 1 saturated carbocycles. The molecule has 1 aliphatic heterocycles. The summed E-state index contributed by atoms with van der Waals surface area (Å²) in [5.74, 6) is 0.0310. The Bertz CT molecular complexity index is 1000. The topological polar surface area (TPSA) is 78.5 Å². The maximum atomic E-state index is 13.3. The molecule has 1 aliphatic carbocycles. The van der Waals surface area contributed by atoms with Crippen molar-refractivity contribution in [3.63, 3.8) is 0 Å². The van der Waals surface area contributed by atoms with Crippen LogP contribution in [0, 0.1) is 11.3 Å². The number of amides is 4. The lowest BCUT2D eigenvalue weighted by molar-refractivity contribution is -0.135. The van der Waals surface area contributed by atoms with E-state index in [9.17, 15) is 14.4 Å². The molecule has 1 heterocycles. The van der Waals surface area contributed by atoms with Gasteiger partial charge in [0.1, 0.15) is 5.54 Å². The molecule has 1 spiro atoms. The highest BCUT2D eigenvalue weighted by Gasteiger charge is 2.55. The quantitative estimate of drug-likeness (QED) is 0.712. The number of rotatable bonds is 4. The Morgan fingerprint density at radius 1 is 1.06 bits per heavy atom. The van der Waals surface area contributed by atoms with Gasteiger partial charge in [0, 0.05) is 11.3 Å². The zero-order valence-electron chi connectivity index (χ0n) is 18.3. The van der Waals surface area contributed by atoms with Crippen molar-refractivity contribution in [3.8, 4) is 0 Å². The molecule has 0 unspecified atom stereocenters. The van der Waals surface area contributed by atoms with Gasteiger partial charge in [0.15, 0.2) is 0 Å². The van der Waals surface area contributed by atoms with E-state index in [0.717, 1.165) is 17.7 Å². The van der Waals surface area contributed by atoms with Crippen LogP contribution in [0.15, 0.2) is 54.6 Å². The van der Waals surface area contributed by atoms with Gasteiger partial charge in [-0.05, 0) is 60.4 Å². The third-order valence-corrected chi connectivity index (χ3v) is 6.21. The van der Waals surface area contributed by atoms with E-state index >= 15 is 0 Å². The second kappa shape index (κ2) is 7.84. The summed E-state index contributed by atoms with van der Waals surface area (Å²) in [6.07, 6.45) is 2.38. The minimum Gasteiger partial charge on any atom is -0.323 e. The van der Waals surface area contributed by atoms with Crippen molar-refractivity contribution >= 4 is 23.5 Å². The Labute approximate surface area is 183 Å². The number of imide groups is 1. The molecule has 6 heteroatoms. The molecule has 2 fully saturated rings. The van der Waals surface area contributed by atoms with Gasteiger partial charge in [0.25, 0.3) is 11.8 Å². The minimum atomic E-state index is -0.798. The number of para-hydroxylation sites is 1. The lowest BCUT2D eigenvalue weighted by Gasteiger charge is -2.43. The first kappa shape index (κ1) is 21.1. The Kier molecular flexibility index (Phi) is 5.33. The van der Waals surface area contributed by atoms with Gasteiger partial charge in [-0.2, -0.15) is 0 Å². The van der Waals surface area contributed by atoms with E-state index in [1.54, 1.807) is 24.3 Å². The number of carbonyl (C=O) groups is 3. The summed E-state index contributed by atoms with van der Waals surface area (Å²) in [6, 6.07) is 15.9. The predicted octanol–water partition coefficient (Wildman–Crippen LogP) is 4.58. The summed E-state index contributed by atoms with van der Waals surface area (Å²) in [7, 11) is 0. The molecule has 6 nitrogen and oxygen atoms in total. The van der Waals surface area contributed by atoms with Crippen LogP contribution >= 0.6 is 0 Å². The van der Waals surface area contributed by atoms with Crippen molar-refractivity contribution in [2.24, 2.45) is 11.3 Å². The number of carbonyl (C=O) groups excluding carboxylic acids is 3. The lowest BCUT2D eigenvalue weighted by Crippen LogP contribution is -2.54. The lowest BCUT2D eigenvalue weighted by atomic mass is 9.64. The SMILES string of the molecule is C[C@H]1CC(C)(C)C[C@@]2(C1)NC(=O)N(Cc1ccc(C(=O)Nc3ccccc3)cc1)C2=O. The molecule has 2 aromatic carbocycles. The van der Waals surface area contributed by atoms with Gasteiger partial charge in [0.05, 0.1) is 6.54 Å². The molecule has 2 N–H and O–H groups in total. The second-order valence-electron chi connectivity index (χ2n) is 9.78. The van der Waals surface area contributed by atoms with Crippen LogP contribution in [0.5, 0.6) is 0 Å². The van der Waals surface area contributed by atoms with Crippen molar-refractivity contribution in [2.45, 2.75) is 52.1 Å². The average molecular weight is 420 g/mol. The van der Waals surface area contributed by atoms with E-state index < -0.39 is 5.54 Å². The Balaban J connectivity index is 1.45. The number of hydrogen-bond acceptors (Lipinski definition) is 3. The molecule has 4 amide bonds. The number of nitrogens with zero attached hydrogens (tertiary/aromatic N) is 1. The van der Waals surface area contributed by atoms with Gasteiger partial charge in [-0.3, -0.25) is 14.5 Å². The number of benzene rings is 2. The second-order valence-corrected chi connectivity index (χ2v) is 9.78.